The average Bonchev–Trinajstić information content (AvgIpc) is 2.63. The highest BCUT2D eigenvalue weighted by Crippen LogP contribution is 2.31. The Morgan fingerprint density at radius 2 is 2.12 bits per heavy atom. The van der Waals surface area contributed by atoms with Gasteiger partial charge in [0, 0.05) is 26.2 Å². The first-order valence-corrected chi connectivity index (χ1v) is 8.37. The normalized spacial score (nSPS) is 17.7. The Kier molecular flexibility index (Phi) is 6.84. The molecule has 6 nitrogen and oxygen atoms in total. The first-order chi connectivity index (χ1) is 12.3. The molecule has 1 saturated heterocycles. The molecule has 9 heteroatoms. The number of nitrogens with one attached hydrogen (secondary N) is 1. The van der Waals surface area contributed by atoms with Gasteiger partial charge in [-0.05, 0) is 31.0 Å². The fraction of sp³-hybridized carbons (Fsp3) is 0.529. The van der Waals surface area contributed by atoms with E-state index in [-0.39, 0.29) is 36.6 Å². The number of piperidine rings is 1. The highest BCUT2D eigenvalue weighted by atomic mass is 19.4. The first kappa shape index (κ1) is 20.0. The van der Waals surface area contributed by atoms with Crippen molar-refractivity contribution in [2.75, 3.05) is 32.8 Å². The predicted octanol–water partition coefficient (Wildman–Crippen LogP) is 1.40. The van der Waals surface area contributed by atoms with Gasteiger partial charge in [0.15, 0.2) is 6.61 Å². The summed E-state index contributed by atoms with van der Waals surface area (Å²) in [5.41, 5.74) is 4.51. The topological polar surface area (TPSA) is 84.7 Å². The summed E-state index contributed by atoms with van der Waals surface area (Å²) in [6.07, 6.45) is -3.12. The van der Waals surface area contributed by atoms with Crippen molar-refractivity contribution in [2.45, 2.75) is 19.0 Å². The molecule has 0 aromatic heterocycles. The van der Waals surface area contributed by atoms with E-state index in [9.17, 15) is 22.8 Å². The average molecular weight is 373 g/mol. The smallest absolute Gasteiger partial charge is 0.416 e. The van der Waals surface area contributed by atoms with Crippen molar-refractivity contribution in [3.05, 3.63) is 29.8 Å². The first-order valence-electron chi connectivity index (χ1n) is 8.37. The van der Waals surface area contributed by atoms with Gasteiger partial charge in [-0.1, -0.05) is 6.07 Å². The van der Waals surface area contributed by atoms with Crippen LogP contribution >= 0.6 is 0 Å². The second kappa shape index (κ2) is 8.88. The van der Waals surface area contributed by atoms with Crippen LogP contribution in [0.5, 0.6) is 5.75 Å². The van der Waals surface area contributed by atoms with Crippen molar-refractivity contribution in [1.82, 2.24) is 10.2 Å². The molecule has 1 aromatic carbocycles. The minimum Gasteiger partial charge on any atom is -0.484 e. The number of carbonyl (C=O) groups excluding carboxylic acids is 2. The summed E-state index contributed by atoms with van der Waals surface area (Å²) in [7, 11) is 0. The van der Waals surface area contributed by atoms with Gasteiger partial charge in [0.25, 0.3) is 5.91 Å². The predicted molar refractivity (Wildman–Crippen MR) is 88.3 cm³/mol. The molecule has 0 aliphatic carbocycles. The van der Waals surface area contributed by atoms with Crippen LogP contribution in [0.15, 0.2) is 24.3 Å². The van der Waals surface area contributed by atoms with Crippen LogP contribution in [0.25, 0.3) is 0 Å². The molecule has 0 radical (unpaired) electrons. The van der Waals surface area contributed by atoms with E-state index in [1.54, 1.807) is 0 Å². The number of ether oxygens (including phenoxy) is 1. The Morgan fingerprint density at radius 1 is 1.35 bits per heavy atom. The van der Waals surface area contributed by atoms with E-state index in [1.807, 2.05) is 0 Å². The van der Waals surface area contributed by atoms with Gasteiger partial charge in [-0.2, -0.15) is 13.2 Å². The lowest BCUT2D eigenvalue weighted by atomic mass is 9.97. The Labute approximate surface area is 149 Å². The summed E-state index contributed by atoms with van der Waals surface area (Å²) < 4.78 is 43.3. The second-order valence-corrected chi connectivity index (χ2v) is 6.07. The molecule has 2 amide bonds. The molecule has 2 rings (SSSR count). The van der Waals surface area contributed by atoms with Crippen LogP contribution in [-0.4, -0.2) is 49.5 Å². The van der Waals surface area contributed by atoms with Gasteiger partial charge in [-0.25, -0.2) is 0 Å². The van der Waals surface area contributed by atoms with Crippen LogP contribution in [0.4, 0.5) is 13.2 Å². The van der Waals surface area contributed by atoms with Crippen molar-refractivity contribution in [3.8, 4) is 5.75 Å². The summed E-state index contributed by atoms with van der Waals surface area (Å²) in [5, 5.41) is 2.70. The van der Waals surface area contributed by atoms with Gasteiger partial charge in [0.05, 0.1) is 11.5 Å². The summed E-state index contributed by atoms with van der Waals surface area (Å²) in [6.45, 7) is 1.10. The Bertz CT molecular complexity index is 637. The number of hydrogen-bond donors (Lipinski definition) is 2. The zero-order valence-corrected chi connectivity index (χ0v) is 14.2. The minimum absolute atomic E-state index is 0.0255. The third-order valence-corrected chi connectivity index (χ3v) is 4.11. The number of amides is 2. The largest absolute Gasteiger partial charge is 0.484 e. The molecule has 0 bridgehead atoms. The van der Waals surface area contributed by atoms with Crippen molar-refractivity contribution >= 4 is 11.8 Å². The maximum absolute atomic E-state index is 12.7. The van der Waals surface area contributed by atoms with Crippen molar-refractivity contribution in [1.29, 1.82) is 0 Å². The monoisotopic (exact) mass is 373 g/mol. The zero-order valence-electron chi connectivity index (χ0n) is 14.2. The summed E-state index contributed by atoms with van der Waals surface area (Å²) in [5.74, 6) is -0.847. The number of nitrogens with two attached hydrogens (primary N) is 1. The SMILES string of the molecule is NCCNC(=O)C1CCCN(C(=O)COc2cccc(C(F)(F)F)c2)C1. The minimum atomic E-state index is -4.47. The molecule has 3 N–H and O–H groups in total. The maximum atomic E-state index is 12.7. The molecule has 0 saturated carbocycles. The lowest BCUT2D eigenvalue weighted by Gasteiger charge is -2.32. The van der Waals surface area contributed by atoms with E-state index in [4.69, 9.17) is 10.5 Å². The number of likely N-dealkylation sites (tertiary alicyclic amines) is 1. The van der Waals surface area contributed by atoms with Crippen molar-refractivity contribution in [3.63, 3.8) is 0 Å². The molecule has 0 spiro atoms. The Morgan fingerprint density at radius 3 is 2.81 bits per heavy atom. The standard InChI is InChI=1S/C17H22F3N3O3/c18-17(19,20)13-4-1-5-14(9-13)26-11-15(24)23-8-2-3-12(10-23)16(25)22-7-6-21/h1,4-5,9,12H,2-3,6-8,10-11,21H2,(H,22,25). The fourth-order valence-corrected chi connectivity index (χ4v) is 2.76. The summed E-state index contributed by atoms with van der Waals surface area (Å²) in [6, 6.07) is 4.37. The molecule has 1 unspecified atom stereocenters. The second-order valence-electron chi connectivity index (χ2n) is 6.07. The zero-order chi connectivity index (χ0) is 19.2. The molecule has 26 heavy (non-hydrogen) atoms. The highest BCUT2D eigenvalue weighted by Gasteiger charge is 2.31. The number of nitrogens with zero attached hydrogens (tertiary/aromatic N) is 1. The molecule has 1 atom stereocenters. The van der Waals surface area contributed by atoms with Crippen molar-refractivity contribution < 1.29 is 27.5 Å². The summed E-state index contributed by atoms with van der Waals surface area (Å²) in [4.78, 5) is 25.8. The van der Waals surface area contributed by atoms with E-state index in [1.165, 1.54) is 17.0 Å². The van der Waals surface area contributed by atoms with Crippen LogP contribution in [0.2, 0.25) is 0 Å². The molecular formula is C17H22F3N3O3. The lowest BCUT2D eigenvalue weighted by Crippen LogP contribution is -2.47. The molecule has 144 valence electrons. The highest BCUT2D eigenvalue weighted by molar-refractivity contribution is 5.82. The van der Waals surface area contributed by atoms with Crippen LogP contribution in [-0.2, 0) is 15.8 Å². The number of halogens is 3. The Balaban J connectivity index is 1.88. The molecule has 1 aliphatic heterocycles. The van der Waals surface area contributed by atoms with Gasteiger partial charge in [0.2, 0.25) is 5.91 Å². The van der Waals surface area contributed by atoms with E-state index in [0.717, 1.165) is 12.1 Å². The number of carbonyl (C=O) groups is 2. The Hall–Kier alpha value is -2.29. The van der Waals surface area contributed by atoms with E-state index in [0.29, 0.717) is 32.5 Å². The molecule has 1 aliphatic rings. The van der Waals surface area contributed by atoms with E-state index in [2.05, 4.69) is 5.32 Å². The van der Waals surface area contributed by atoms with Crippen molar-refractivity contribution in [2.24, 2.45) is 11.7 Å². The van der Waals surface area contributed by atoms with E-state index < -0.39 is 11.7 Å². The van der Waals surface area contributed by atoms with Crippen LogP contribution in [0, 0.1) is 5.92 Å². The summed E-state index contributed by atoms with van der Waals surface area (Å²) >= 11 is 0. The lowest BCUT2D eigenvalue weighted by molar-refractivity contribution is -0.137. The number of alkyl halides is 3. The van der Waals surface area contributed by atoms with Crippen LogP contribution in [0.1, 0.15) is 18.4 Å². The third kappa shape index (κ3) is 5.62. The van der Waals surface area contributed by atoms with Crippen LogP contribution < -0.4 is 15.8 Å². The van der Waals surface area contributed by atoms with Gasteiger partial charge in [0.1, 0.15) is 5.75 Å². The number of benzene rings is 1. The third-order valence-electron chi connectivity index (χ3n) is 4.11. The number of hydrogen-bond acceptors (Lipinski definition) is 4. The molecule has 1 fully saturated rings. The van der Waals surface area contributed by atoms with Gasteiger partial charge in [-0.15, -0.1) is 0 Å². The number of rotatable bonds is 6. The van der Waals surface area contributed by atoms with E-state index >= 15 is 0 Å². The van der Waals surface area contributed by atoms with Gasteiger partial charge in [-0.3, -0.25) is 9.59 Å². The fourth-order valence-electron chi connectivity index (χ4n) is 2.76. The molecule has 1 aromatic rings. The maximum Gasteiger partial charge on any atom is 0.416 e. The van der Waals surface area contributed by atoms with Crippen LogP contribution in [0.3, 0.4) is 0 Å². The van der Waals surface area contributed by atoms with Gasteiger partial charge >= 0.3 is 6.18 Å². The van der Waals surface area contributed by atoms with Gasteiger partial charge < -0.3 is 20.7 Å². The quantitative estimate of drug-likeness (QED) is 0.789. The molecule has 1 heterocycles. The molecular weight excluding hydrogens is 351 g/mol.